The van der Waals surface area contributed by atoms with E-state index >= 15 is 0 Å². The van der Waals surface area contributed by atoms with E-state index in [1.54, 1.807) is 6.92 Å². The molecule has 4 aliphatic heterocycles. The first-order valence-corrected chi connectivity index (χ1v) is 19.0. The summed E-state index contributed by atoms with van der Waals surface area (Å²) in [6, 6.07) is 0. The fourth-order valence-corrected chi connectivity index (χ4v) is 7.04. The fourth-order valence-electron chi connectivity index (χ4n) is 6.09. The zero-order valence-corrected chi connectivity index (χ0v) is 36.1. The molecule has 4 saturated heterocycles. The standard InChI is InChI=1S/C27H48O23S2.2Na/c1-6-7-41-25-23(48-27-22(50-52(38,39)40)17(33)13(29)9(3)45-27)20(15(31)11(5)43-25)47-24-18(34)19(14(30)10(4)42-24)46-26-21(49-51(35,36)37)16(32)12(28)8(2)44-26;;/h8-34H,6-7H2,1-5H3,(H,35,36,37)(H,38,39,40);;/q;2*+1/p-2/t8-,9-,10-,11-,12+,13+,14+,15+,16+,17+,18-,19+,20+,21-,22-,23-,24-,25+,26-,27-;;/m0../s1. The van der Waals surface area contributed by atoms with Gasteiger partial charge >= 0.3 is 59.1 Å². The monoisotopic (exact) mass is 848 g/mol. The number of hydrogen-bond acceptors (Lipinski definition) is 23. The molecule has 4 heterocycles. The molecule has 0 aromatic rings. The molecule has 7 N–H and O–H groups in total. The van der Waals surface area contributed by atoms with Gasteiger partial charge in [0.2, 0.25) is 20.8 Å². The van der Waals surface area contributed by atoms with Gasteiger partial charge in [-0.25, -0.2) is 16.8 Å². The van der Waals surface area contributed by atoms with Crippen LogP contribution >= 0.6 is 0 Å². The van der Waals surface area contributed by atoms with Crippen LogP contribution in [0, 0.1) is 0 Å². The Bertz CT molecular complexity index is 1380. The second-order valence-corrected chi connectivity index (χ2v) is 14.9. The van der Waals surface area contributed by atoms with Crippen molar-refractivity contribution in [3.05, 3.63) is 0 Å². The van der Waals surface area contributed by atoms with Gasteiger partial charge in [0.15, 0.2) is 37.4 Å². The Hall–Kier alpha value is 1.14. The number of rotatable bonds is 13. The molecule has 0 aromatic heterocycles. The van der Waals surface area contributed by atoms with Crippen LogP contribution in [0.2, 0.25) is 0 Å². The molecule has 4 fully saturated rings. The third-order valence-corrected chi connectivity index (χ3v) is 9.84. The maximum absolute atomic E-state index is 11.5. The number of aliphatic hydroxyl groups excluding tert-OH is 7. The van der Waals surface area contributed by atoms with Crippen LogP contribution < -0.4 is 59.1 Å². The summed E-state index contributed by atoms with van der Waals surface area (Å²) in [5, 5.41) is 75.2. The third kappa shape index (κ3) is 12.6. The first-order valence-electron chi connectivity index (χ1n) is 16.3. The minimum absolute atomic E-state index is 0. The summed E-state index contributed by atoms with van der Waals surface area (Å²) in [5.74, 6) is 0. The summed E-state index contributed by atoms with van der Waals surface area (Å²) in [4.78, 5) is 0. The van der Waals surface area contributed by atoms with Gasteiger partial charge in [-0.15, -0.1) is 0 Å². The molecule has 0 aliphatic carbocycles. The minimum Gasteiger partial charge on any atom is -0.726 e. The van der Waals surface area contributed by atoms with E-state index in [0.717, 1.165) is 0 Å². The molecule has 23 nitrogen and oxygen atoms in total. The van der Waals surface area contributed by atoms with E-state index in [2.05, 4.69) is 8.37 Å². The average molecular weight is 849 g/mol. The largest absolute Gasteiger partial charge is 1.00 e. The Morgan fingerprint density at radius 3 is 1.26 bits per heavy atom. The van der Waals surface area contributed by atoms with E-state index in [4.69, 9.17) is 37.9 Å². The summed E-state index contributed by atoms with van der Waals surface area (Å²) in [7, 11) is -11.1. The van der Waals surface area contributed by atoms with Crippen molar-refractivity contribution in [1.82, 2.24) is 0 Å². The molecule has 0 bridgehead atoms. The Labute approximate surface area is 355 Å². The predicted molar refractivity (Wildman–Crippen MR) is 159 cm³/mol. The molecule has 54 heavy (non-hydrogen) atoms. The Kier molecular flexibility index (Phi) is 20.0. The van der Waals surface area contributed by atoms with Gasteiger partial charge in [0.05, 0.1) is 24.4 Å². The first kappa shape index (κ1) is 51.3. The van der Waals surface area contributed by atoms with Gasteiger partial charge in [0, 0.05) is 6.61 Å². The molecule has 0 radical (unpaired) electrons. The van der Waals surface area contributed by atoms with Crippen LogP contribution in [0.3, 0.4) is 0 Å². The van der Waals surface area contributed by atoms with Crippen molar-refractivity contribution < 1.29 is 167 Å². The van der Waals surface area contributed by atoms with Crippen molar-refractivity contribution in [2.75, 3.05) is 6.61 Å². The second kappa shape index (κ2) is 21.1. The van der Waals surface area contributed by atoms with Crippen LogP contribution in [0.5, 0.6) is 0 Å². The van der Waals surface area contributed by atoms with E-state index in [1.807, 2.05) is 0 Å². The summed E-state index contributed by atoms with van der Waals surface area (Å²) in [6.45, 7) is 7.05. The molecule has 0 unspecified atom stereocenters. The van der Waals surface area contributed by atoms with Crippen LogP contribution in [0.1, 0.15) is 41.0 Å². The van der Waals surface area contributed by atoms with Crippen LogP contribution in [-0.4, -0.2) is 191 Å². The van der Waals surface area contributed by atoms with Crippen LogP contribution in [0.15, 0.2) is 0 Å². The van der Waals surface area contributed by atoms with E-state index < -0.39 is 144 Å². The van der Waals surface area contributed by atoms with Crippen LogP contribution in [-0.2, 0) is 67.1 Å². The summed E-state index contributed by atoms with van der Waals surface area (Å²) >= 11 is 0. The van der Waals surface area contributed by atoms with Gasteiger partial charge in [0.25, 0.3) is 0 Å². The maximum atomic E-state index is 11.5. The second-order valence-electron chi connectivity index (χ2n) is 12.9. The molecule has 0 amide bonds. The molecule has 4 aliphatic rings. The van der Waals surface area contributed by atoms with E-state index in [-0.39, 0.29) is 65.7 Å². The molecule has 0 saturated carbocycles. The Balaban J connectivity index is 0.00000504. The van der Waals surface area contributed by atoms with Crippen molar-refractivity contribution >= 4 is 20.8 Å². The van der Waals surface area contributed by atoms with Crippen molar-refractivity contribution in [3.63, 3.8) is 0 Å². The van der Waals surface area contributed by atoms with E-state index in [9.17, 15) is 61.7 Å². The molecule has 27 heteroatoms. The van der Waals surface area contributed by atoms with Gasteiger partial charge in [0.1, 0.15) is 61.0 Å². The van der Waals surface area contributed by atoms with Gasteiger partial charge in [-0.05, 0) is 34.1 Å². The van der Waals surface area contributed by atoms with Crippen molar-refractivity contribution in [1.29, 1.82) is 0 Å². The molecular formula is C27H46Na2O23S2. The van der Waals surface area contributed by atoms with Gasteiger partial charge in [-0.1, -0.05) is 6.92 Å². The van der Waals surface area contributed by atoms with E-state index in [0.29, 0.717) is 6.42 Å². The number of aliphatic hydroxyl groups is 7. The normalized spacial score (nSPS) is 46.3. The topological polar surface area (TPSA) is 348 Å². The predicted octanol–water partition coefficient (Wildman–Crippen LogP) is -11.2. The van der Waals surface area contributed by atoms with Crippen molar-refractivity contribution in [2.45, 2.75) is 164 Å². The smallest absolute Gasteiger partial charge is 0.726 e. The average Bonchev–Trinajstić information content (AvgIpc) is 3.04. The summed E-state index contributed by atoms with van der Waals surface area (Å²) in [6.07, 6.45) is -34.2. The summed E-state index contributed by atoms with van der Waals surface area (Å²) < 4.78 is 123. The molecule has 20 atom stereocenters. The Morgan fingerprint density at radius 1 is 0.481 bits per heavy atom. The Morgan fingerprint density at radius 2 is 0.833 bits per heavy atom. The fraction of sp³-hybridized carbons (Fsp3) is 1.00. The van der Waals surface area contributed by atoms with Crippen molar-refractivity contribution in [2.24, 2.45) is 0 Å². The van der Waals surface area contributed by atoms with Crippen LogP contribution in [0.25, 0.3) is 0 Å². The molecular weight excluding hydrogens is 802 g/mol. The van der Waals surface area contributed by atoms with Gasteiger partial charge in [-0.2, -0.15) is 0 Å². The maximum Gasteiger partial charge on any atom is 1.00 e. The molecule has 306 valence electrons. The van der Waals surface area contributed by atoms with Crippen LogP contribution in [0.4, 0.5) is 0 Å². The number of hydrogen-bond donors (Lipinski definition) is 7. The van der Waals surface area contributed by atoms with Gasteiger partial charge in [-0.3, -0.25) is 8.37 Å². The quantitative estimate of drug-likeness (QED) is 0.0514. The first-order chi connectivity index (χ1) is 24.0. The zero-order valence-electron chi connectivity index (χ0n) is 30.4. The molecule has 0 spiro atoms. The zero-order chi connectivity index (χ0) is 39.0. The minimum atomic E-state index is -5.53. The van der Waals surface area contributed by atoms with Gasteiger partial charge < -0.3 is 82.7 Å². The molecule has 4 rings (SSSR count). The SMILES string of the molecule is CCCO[C@@H]1O[C@@H](C)[C@@H](O)[C@@H](O[C@@H]2O[C@@H](C)[C@@H](O)[C@@H](O[C@@H]3O[C@@H](C)[C@@H](O)[C@@H](O)[C@@H]3OS(=O)(=O)[O-])[C@@H]2O)[C@@H]1O[C@@H]1O[C@@H](C)[C@@H](O)[C@@H](O)[C@@H]1OS(=O)(=O)[O-].[Na+].[Na+]. The van der Waals surface area contributed by atoms with Crippen molar-refractivity contribution in [3.8, 4) is 0 Å². The van der Waals surface area contributed by atoms with E-state index in [1.165, 1.54) is 27.7 Å². The molecule has 0 aromatic carbocycles. The third-order valence-electron chi connectivity index (χ3n) is 8.93. The number of ether oxygens (including phenoxy) is 8. The summed E-state index contributed by atoms with van der Waals surface area (Å²) in [5.41, 5.74) is 0.